The van der Waals surface area contributed by atoms with E-state index < -0.39 is 23.9 Å². The van der Waals surface area contributed by atoms with Gasteiger partial charge < -0.3 is 15.3 Å². The highest BCUT2D eigenvalue weighted by Gasteiger charge is 2.32. The summed E-state index contributed by atoms with van der Waals surface area (Å²) in [6.45, 7) is 2.01. The van der Waals surface area contributed by atoms with Gasteiger partial charge in [0.1, 0.15) is 11.9 Å². The lowest BCUT2D eigenvalue weighted by Crippen LogP contribution is -2.51. The summed E-state index contributed by atoms with van der Waals surface area (Å²) in [6.07, 6.45) is 0. The molecule has 108 valence electrons. The Hall–Kier alpha value is -1.76. The van der Waals surface area contributed by atoms with Gasteiger partial charge in [0.2, 0.25) is 0 Å². The molecule has 1 aliphatic rings. The van der Waals surface area contributed by atoms with Crippen LogP contribution >= 0.6 is 11.8 Å². The number of thioether (sulfide) groups is 1. The molecule has 1 aliphatic heterocycles. The third-order valence-electron chi connectivity index (χ3n) is 3.13. The van der Waals surface area contributed by atoms with Gasteiger partial charge in [-0.3, -0.25) is 0 Å². The Balaban J connectivity index is 2.16. The lowest BCUT2D eigenvalue weighted by molar-refractivity contribution is -0.141. The summed E-state index contributed by atoms with van der Waals surface area (Å²) in [7, 11) is 0. The van der Waals surface area contributed by atoms with Crippen molar-refractivity contribution in [1.82, 2.24) is 4.90 Å². The minimum absolute atomic E-state index is 0.0971. The first-order valence-corrected chi connectivity index (χ1v) is 7.29. The van der Waals surface area contributed by atoms with Gasteiger partial charge in [-0.1, -0.05) is 12.1 Å². The zero-order valence-electron chi connectivity index (χ0n) is 10.9. The Morgan fingerprint density at radius 2 is 2.25 bits per heavy atom. The van der Waals surface area contributed by atoms with Crippen LogP contribution in [-0.4, -0.2) is 46.1 Å². The fourth-order valence-corrected chi connectivity index (χ4v) is 3.06. The molecule has 0 aromatic heterocycles. The summed E-state index contributed by atoms with van der Waals surface area (Å²) in [4.78, 5) is 24.5. The number of carbonyl (C=O) groups is 2. The number of nitrogens with zero attached hydrogens (tertiary/aromatic N) is 1. The van der Waals surface area contributed by atoms with Crippen molar-refractivity contribution >= 4 is 29.4 Å². The molecule has 7 heteroatoms. The standard InChI is InChI=1S/C13H15FN2O3S/c1-8-3-2-4-9(14)11(8)15-13(19)16-5-6-20-7-10(16)12(17)18/h2-4,10H,5-7H2,1H3,(H,15,19)(H,17,18). The fraction of sp³-hybridized carbons (Fsp3) is 0.385. The van der Waals surface area contributed by atoms with Crippen LogP contribution in [0.2, 0.25) is 0 Å². The molecule has 1 aromatic carbocycles. The van der Waals surface area contributed by atoms with Crippen molar-refractivity contribution in [2.75, 3.05) is 23.4 Å². The second-order valence-corrected chi connectivity index (χ2v) is 5.63. The maximum atomic E-state index is 13.7. The molecule has 1 fully saturated rings. The number of aliphatic carboxylic acids is 1. The minimum atomic E-state index is -1.04. The van der Waals surface area contributed by atoms with Crippen LogP contribution in [0.5, 0.6) is 0 Å². The molecule has 2 N–H and O–H groups in total. The number of amides is 2. The second-order valence-electron chi connectivity index (χ2n) is 4.48. The van der Waals surface area contributed by atoms with Crippen LogP contribution in [-0.2, 0) is 4.79 Å². The highest BCUT2D eigenvalue weighted by molar-refractivity contribution is 7.99. The highest BCUT2D eigenvalue weighted by atomic mass is 32.2. The van der Waals surface area contributed by atoms with E-state index in [1.54, 1.807) is 19.1 Å². The number of rotatable bonds is 2. The number of carboxylic acid groups (broad SMARTS) is 1. The molecule has 20 heavy (non-hydrogen) atoms. The number of para-hydroxylation sites is 1. The molecule has 1 unspecified atom stereocenters. The number of anilines is 1. The van der Waals surface area contributed by atoms with Gasteiger partial charge in [-0.25, -0.2) is 14.0 Å². The Labute approximate surface area is 120 Å². The van der Waals surface area contributed by atoms with Crippen LogP contribution in [0, 0.1) is 12.7 Å². The number of halogens is 1. The van der Waals surface area contributed by atoms with Gasteiger partial charge in [-0.05, 0) is 18.6 Å². The van der Waals surface area contributed by atoms with Crippen LogP contribution in [0.1, 0.15) is 5.56 Å². The second kappa shape index (κ2) is 6.13. The molecular formula is C13H15FN2O3S. The lowest BCUT2D eigenvalue weighted by Gasteiger charge is -2.32. The molecule has 1 atom stereocenters. The summed E-state index contributed by atoms with van der Waals surface area (Å²) in [5.41, 5.74) is 0.691. The number of hydrogen-bond donors (Lipinski definition) is 2. The van der Waals surface area contributed by atoms with Gasteiger partial charge >= 0.3 is 12.0 Å². The van der Waals surface area contributed by atoms with Gasteiger partial charge in [0.05, 0.1) is 5.69 Å². The zero-order chi connectivity index (χ0) is 14.7. The molecule has 2 rings (SSSR count). The van der Waals surface area contributed by atoms with Gasteiger partial charge in [-0.2, -0.15) is 11.8 Å². The summed E-state index contributed by atoms with van der Waals surface area (Å²) >= 11 is 1.49. The SMILES string of the molecule is Cc1cccc(F)c1NC(=O)N1CCSCC1C(=O)O. The van der Waals surface area contributed by atoms with Crippen molar-refractivity contribution in [3.05, 3.63) is 29.6 Å². The summed E-state index contributed by atoms with van der Waals surface area (Å²) in [6, 6.07) is 3.03. The summed E-state index contributed by atoms with van der Waals surface area (Å²) in [5.74, 6) is -0.555. The van der Waals surface area contributed by atoms with Crippen molar-refractivity contribution in [3.63, 3.8) is 0 Å². The van der Waals surface area contributed by atoms with Crippen LogP contribution in [0.25, 0.3) is 0 Å². The van der Waals surface area contributed by atoms with Gasteiger partial charge in [-0.15, -0.1) is 0 Å². The van der Waals surface area contributed by atoms with E-state index in [0.29, 0.717) is 23.6 Å². The maximum absolute atomic E-state index is 13.7. The Bertz CT molecular complexity index is 518. The van der Waals surface area contributed by atoms with E-state index in [9.17, 15) is 14.0 Å². The lowest BCUT2D eigenvalue weighted by atomic mass is 10.2. The molecule has 0 spiro atoms. The molecular weight excluding hydrogens is 283 g/mol. The molecule has 5 nitrogen and oxygen atoms in total. The fourth-order valence-electron chi connectivity index (χ4n) is 2.02. The number of carbonyl (C=O) groups excluding carboxylic acids is 1. The molecule has 0 radical (unpaired) electrons. The Morgan fingerprint density at radius 3 is 2.90 bits per heavy atom. The molecule has 1 aromatic rings. The third-order valence-corrected chi connectivity index (χ3v) is 4.15. The van der Waals surface area contributed by atoms with E-state index >= 15 is 0 Å². The zero-order valence-corrected chi connectivity index (χ0v) is 11.7. The number of nitrogens with one attached hydrogen (secondary N) is 1. The predicted molar refractivity (Wildman–Crippen MR) is 75.6 cm³/mol. The number of carboxylic acids is 1. The number of urea groups is 1. The molecule has 1 saturated heterocycles. The van der Waals surface area contributed by atoms with Crippen molar-refractivity contribution in [1.29, 1.82) is 0 Å². The average molecular weight is 298 g/mol. The van der Waals surface area contributed by atoms with E-state index in [1.165, 1.54) is 22.7 Å². The van der Waals surface area contributed by atoms with Gasteiger partial charge in [0.25, 0.3) is 0 Å². The van der Waals surface area contributed by atoms with Crippen molar-refractivity contribution in [3.8, 4) is 0 Å². The predicted octanol–water partition coefficient (Wildman–Crippen LogP) is 2.17. The van der Waals surface area contributed by atoms with E-state index in [-0.39, 0.29) is 5.69 Å². The number of hydrogen-bond acceptors (Lipinski definition) is 3. The first kappa shape index (κ1) is 14.6. The number of benzene rings is 1. The van der Waals surface area contributed by atoms with Crippen molar-refractivity contribution in [2.45, 2.75) is 13.0 Å². The third kappa shape index (κ3) is 3.04. The normalized spacial score (nSPS) is 18.7. The minimum Gasteiger partial charge on any atom is -0.480 e. The first-order chi connectivity index (χ1) is 9.50. The van der Waals surface area contributed by atoms with Crippen LogP contribution in [0.4, 0.5) is 14.9 Å². The van der Waals surface area contributed by atoms with Crippen molar-refractivity contribution in [2.24, 2.45) is 0 Å². The number of aryl methyl sites for hydroxylation is 1. The molecule has 0 saturated carbocycles. The topological polar surface area (TPSA) is 69.6 Å². The monoisotopic (exact) mass is 298 g/mol. The molecule has 0 aliphatic carbocycles. The quantitative estimate of drug-likeness (QED) is 0.878. The molecule has 2 amide bonds. The maximum Gasteiger partial charge on any atom is 0.327 e. The van der Waals surface area contributed by atoms with Crippen LogP contribution in [0.3, 0.4) is 0 Å². The van der Waals surface area contributed by atoms with Gasteiger partial charge in [0, 0.05) is 18.1 Å². The smallest absolute Gasteiger partial charge is 0.327 e. The summed E-state index contributed by atoms with van der Waals surface area (Å²) < 4.78 is 13.7. The summed E-state index contributed by atoms with van der Waals surface area (Å²) in [5, 5.41) is 11.6. The van der Waals surface area contributed by atoms with Crippen LogP contribution in [0.15, 0.2) is 18.2 Å². The van der Waals surface area contributed by atoms with E-state index in [2.05, 4.69) is 5.32 Å². The average Bonchev–Trinajstić information content (AvgIpc) is 2.43. The van der Waals surface area contributed by atoms with E-state index in [0.717, 1.165) is 0 Å². The highest BCUT2D eigenvalue weighted by Crippen LogP contribution is 2.22. The van der Waals surface area contributed by atoms with E-state index in [4.69, 9.17) is 5.11 Å². The van der Waals surface area contributed by atoms with E-state index in [1.807, 2.05) is 0 Å². The first-order valence-electron chi connectivity index (χ1n) is 6.14. The molecule has 1 heterocycles. The Morgan fingerprint density at radius 1 is 1.50 bits per heavy atom. The van der Waals surface area contributed by atoms with Gasteiger partial charge in [0.15, 0.2) is 0 Å². The molecule has 0 bridgehead atoms. The largest absolute Gasteiger partial charge is 0.480 e. The van der Waals surface area contributed by atoms with Crippen LogP contribution < -0.4 is 5.32 Å². The van der Waals surface area contributed by atoms with Crippen molar-refractivity contribution < 1.29 is 19.1 Å². The Kier molecular flexibility index (Phi) is 4.49.